The van der Waals surface area contributed by atoms with E-state index < -0.39 is 5.54 Å². The van der Waals surface area contributed by atoms with Gasteiger partial charge in [-0.15, -0.1) is 0 Å². The van der Waals surface area contributed by atoms with E-state index in [1.54, 1.807) is 6.07 Å². The van der Waals surface area contributed by atoms with Gasteiger partial charge in [-0.2, -0.15) is 0 Å². The van der Waals surface area contributed by atoms with E-state index in [0.29, 0.717) is 50.4 Å². The lowest BCUT2D eigenvalue weighted by molar-refractivity contribution is -0.121. The second-order valence-corrected chi connectivity index (χ2v) is 6.15. The van der Waals surface area contributed by atoms with Crippen LogP contribution in [-0.4, -0.2) is 25.7 Å². The van der Waals surface area contributed by atoms with Gasteiger partial charge in [0, 0.05) is 13.2 Å². The Morgan fingerprint density at radius 3 is 2.74 bits per heavy atom. The summed E-state index contributed by atoms with van der Waals surface area (Å²) in [6.07, 6.45) is 2.83. The fourth-order valence-electron chi connectivity index (χ4n) is 3.30. The molecule has 0 atom stereocenters. The smallest absolute Gasteiger partial charge is 0.251 e. The maximum Gasteiger partial charge on any atom is 0.251 e. The Hall–Kier alpha value is -1.88. The summed E-state index contributed by atoms with van der Waals surface area (Å²) in [5.74, 6) is 0.280. The van der Waals surface area contributed by atoms with E-state index >= 15 is 0 Å². The molecule has 0 radical (unpaired) electrons. The summed E-state index contributed by atoms with van der Waals surface area (Å²) in [4.78, 5) is 12.8. The molecule has 1 aromatic rings. The maximum atomic E-state index is 13.7. The molecular formula is C18H22FNO3. The number of halogens is 1. The first kappa shape index (κ1) is 16.0. The number of benzene rings is 1. The Bertz CT molecular complexity index is 620. The van der Waals surface area contributed by atoms with Crippen LogP contribution >= 0.6 is 0 Å². The predicted octanol–water partition coefficient (Wildman–Crippen LogP) is 3.03. The standard InChI is InChI=1S/C18H22FNO3/c1-13-16(6-3-9-23-13)17(21)20-18(7-10-22-11-8-18)14-4-2-5-15(19)12-14/h2,4-5,12H,3,6-11H2,1H3,(H,20,21). The lowest BCUT2D eigenvalue weighted by Gasteiger charge is -2.39. The Morgan fingerprint density at radius 2 is 2.04 bits per heavy atom. The van der Waals surface area contributed by atoms with Gasteiger partial charge in [-0.05, 0) is 50.3 Å². The molecule has 5 heteroatoms. The Balaban J connectivity index is 1.89. The fourth-order valence-corrected chi connectivity index (χ4v) is 3.30. The SMILES string of the molecule is CC1=C(C(=O)NC2(c3cccc(F)c3)CCOCC2)CCCO1. The van der Waals surface area contributed by atoms with Crippen LogP contribution < -0.4 is 5.32 Å². The molecular weight excluding hydrogens is 297 g/mol. The van der Waals surface area contributed by atoms with E-state index in [0.717, 1.165) is 12.0 Å². The number of rotatable bonds is 3. The molecule has 2 aliphatic rings. The Morgan fingerprint density at radius 1 is 1.26 bits per heavy atom. The monoisotopic (exact) mass is 319 g/mol. The second-order valence-electron chi connectivity index (χ2n) is 6.15. The lowest BCUT2D eigenvalue weighted by atomic mass is 9.82. The zero-order chi connectivity index (χ0) is 16.3. The van der Waals surface area contributed by atoms with E-state index in [9.17, 15) is 9.18 Å². The quantitative estimate of drug-likeness (QED) is 0.931. The van der Waals surface area contributed by atoms with Gasteiger partial charge in [-0.25, -0.2) is 4.39 Å². The summed E-state index contributed by atoms with van der Waals surface area (Å²) in [7, 11) is 0. The topological polar surface area (TPSA) is 47.6 Å². The van der Waals surface area contributed by atoms with Crippen LogP contribution in [0.4, 0.5) is 4.39 Å². The van der Waals surface area contributed by atoms with E-state index in [1.807, 2.05) is 13.0 Å². The highest BCUT2D eigenvalue weighted by Crippen LogP contribution is 2.33. The first-order chi connectivity index (χ1) is 11.1. The minimum absolute atomic E-state index is 0.117. The van der Waals surface area contributed by atoms with Gasteiger partial charge in [-0.1, -0.05) is 12.1 Å². The van der Waals surface area contributed by atoms with Crippen molar-refractivity contribution in [2.24, 2.45) is 0 Å². The fraction of sp³-hybridized carbons (Fsp3) is 0.500. The van der Waals surface area contributed by atoms with Crippen LogP contribution in [0.5, 0.6) is 0 Å². The molecule has 1 amide bonds. The molecule has 2 aliphatic heterocycles. The molecule has 0 spiro atoms. The van der Waals surface area contributed by atoms with Gasteiger partial charge < -0.3 is 14.8 Å². The minimum atomic E-state index is -0.581. The number of amides is 1. The van der Waals surface area contributed by atoms with E-state index in [-0.39, 0.29) is 11.7 Å². The molecule has 0 bridgehead atoms. The number of hydrogen-bond donors (Lipinski definition) is 1. The number of ether oxygens (including phenoxy) is 2. The molecule has 124 valence electrons. The van der Waals surface area contributed by atoms with Crippen molar-refractivity contribution in [2.45, 2.75) is 38.1 Å². The molecule has 3 rings (SSSR count). The summed E-state index contributed by atoms with van der Waals surface area (Å²) in [5.41, 5.74) is 0.907. The van der Waals surface area contributed by atoms with Crippen molar-refractivity contribution in [2.75, 3.05) is 19.8 Å². The van der Waals surface area contributed by atoms with Crippen molar-refractivity contribution in [1.82, 2.24) is 5.32 Å². The van der Waals surface area contributed by atoms with Crippen molar-refractivity contribution in [1.29, 1.82) is 0 Å². The lowest BCUT2D eigenvalue weighted by Crippen LogP contribution is -2.50. The Kier molecular flexibility index (Phi) is 4.66. The highest BCUT2D eigenvalue weighted by atomic mass is 19.1. The van der Waals surface area contributed by atoms with Gasteiger partial charge in [0.1, 0.15) is 11.6 Å². The molecule has 23 heavy (non-hydrogen) atoms. The average Bonchev–Trinajstić information content (AvgIpc) is 2.56. The molecule has 1 saturated heterocycles. The molecule has 2 heterocycles. The highest BCUT2D eigenvalue weighted by Gasteiger charge is 2.37. The molecule has 0 aliphatic carbocycles. The first-order valence-electron chi connectivity index (χ1n) is 8.10. The van der Waals surface area contributed by atoms with Crippen LogP contribution in [0.15, 0.2) is 35.6 Å². The third-order valence-electron chi connectivity index (χ3n) is 4.67. The summed E-state index contributed by atoms with van der Waals surface area (Å²) in [6.45, 7) is 3.58. The van der Waals surface area contributed by atoms with Crippen LogP contribution in [0.3, 0.4) is 0 Å². The van der Waals surface area contributed by atoms with Gasteiger partial charge >= 0.3 is 0 Å². The molecule has 0 aromatic heterocycles. The first-order valence-corrected chi connectivity index (χ1v) is 8.10. The normalized spacial score (nSPS) is 20.8. The van der Waals surface area contributed by atoms with Crippen LogP contribution in [0.1, 0.15) is 38.2 Å². The number of allylic oxidation sites excluding steroid dienone is 1. The summed E-state index contributed by atoms with van der Waals surface area (Å²) >= 11 is 0. The zero-order valence-corrected chi connectivity index (χ0v) is 13.4. The average molecular weight is 319 g/mol. The Labute approximate surface area is 135 Å². The molecule has 1 N–H and O–H groups in total. The van der Waals surface area contributed by atoms with Crippen LogP contribution in [0.2, 0.25) is 0 Å². The number of carbonyl (C=O) groups excluding carboxylic acids is 1. The van der Waals surface area contributed by atoms with Crippen LogP contribution in [0, 0.1) is 5.82 Å². The van der Waals surface area contributed by atoms with Gasteiger partial charge in [0.25, 0.3) is 5.91 Å². The zero-order valence-electron chi connectivity index (χ0n) is 13.4. The van der Waals surface area contributed by atoms with Crippen molar-refractivity contribution in [3.8, 4) is 0 Å². The van der Waals surface area contributed by atoms with E-state index in [2.05, 4.69) is 5.32 Å². The molecule has 0 saturated carbocycles. The molecule has 1 aromatic carbocycles. The van der Waals surface area contributed by atoms with Crippen molar-refractivity contribution in [3.05, 3.63) is 47.0 Å². The van der Waals surface area contributed by atoms with Gasteiger partial charge in [0.15, 0.2) is 0 Å². The van der Waals surface area contributed by atoms with E-state index in [1.165, 1.54) is 12.1 Å². The van der Waals surface area contributed by atoms with E-state index in [4.69, 9.17) is 9.47 Å². The second kappa shape index (κ2) is 6.71. The van der Waals surface area contributed by atoms with Crippen LogP contribution in [0.25, 0.3) is 0 Å². The third-order valence-corrected chi connectivity index (χ3v) is 4.67. The number of hydrogen-bond acceptors (Lipinski definition) is 3. The minimum Gasteiger partial charge on any atom is -0.498 e. The highest BCUT2D eigenvalue weighted by molar-refractivity contribution is 5.94. The third kappa shape index (κ3) is 3.39. The van der Waals surface area contributed by atoms with Gasteiger partial charge in [-0.3, -0.25) is 4.79 Å². The van der Waals surface area contributed by atoms with Crippen LogP contribution in [-0.2, 0) is 19.8 Å². The number of carbonyl (C=O) groups is 1. The number of nitrogens with one attached hydrogen (secondary N) is 1. The van der Waals surface area contributed by atoms with Crippen molar-refractivity contribution < 1.29 is 18.7 Å². The molecule has 0 unspecified atom stereocenters. The summed E-state index contributed by atoms with van der Waals surface area (Å²) in [5, 5.41) is 3.15. The van der Waals surface area contributed by atoms with Gasteiger partial charge in [0.2, 0.25) is 0 Å². The predicted molar refractivity (Wildman–Crippen MR) is 84.2 cm³/mol. The molecule has 4 nitrogen and oxygen atoms in total. The van der Waals surface area contributed by atoms with Crippen molar-refractivity contribution in [3.63, 3.8) is 0 Å². The largest absolute Gasteiger partial charge is 0.498 e. The van der Waals surface area contributed by atoms with Crippen molar-refractivity contribution >= 4 is 5.91 Å². The summed E-state index contributed by atoms with van der Waals surface area (Å²) < 4.78 is 24.6. The molecule has 1 fully saturated rings. The van der Waals surface area contributed by atoms with Gasteiger partial charge in [0.05, 0.1) is 17.7 Å². The maximum absolute atomic E-state index is 13.7. The summed E-state index contributed by atoms with van der Waals surface area (Å²) in [6, 6.07) is 6.47.